The van der Waals surface area contributed by atoms with Crippen molar-refractivity contribution in [3.8, 4) is 22.3 Å². The fraction of sp³-hybridized carbons (Fsp3) is 0.231. The molecule has 3 aromatic rings. The Morgan fingerprint density at radius 2 is 2.15 bits per heavy atom. The maximum absolute atomic E-state index is 5.59. The first-order valence-corrected chi connectivity index (χ1v) is 6.92. The van der Waals surface area contributed by atoms with E-state index in [1.807, 2.05) is 26.0 Å². The van der Waals surface area contributed by atoms with Crippen molar-refractivity contribution in [3.63, 3.8) is 0 Å². The number of nitrogens with two attached hydrogens (primary N) is 1. The van der Waals surface area contributed by atoms with E-state index in [9.17, 15) is 0 Å². The van der Waals surface area contributed by atoms with E-state index in [-0.39, 0.29) is 0 Å². The van der Waals surface area contributed by atoms with E-state index >= 15 is 0 Å². The van der Waals surface area contributed by atoms with Gasteiger partial charge in [-0.15, -0.1) is 11.3 Å². The number of aryl methyl sites for hydroxylation is 2. The molecule has 7 heteroatoms. The molecule has 0 saturated heterocycles. The lowest BCUT2D eigenvalue weighted by Gasteiger charge is -1.94. The predicted molar refractivity (Wildman–Crippen MR) is 76.0 cm³/mol. The predicted octanol–water partition coefficient (Wildman–Crippen LogP) is 2.33. The summed E-state index contributed by atoms with van der Waals surface area (Å²) in [4.78, 5) is 13.8. The average Bonchev–Trinajstić information content (AvgIpc) is 3.05. The molecule has 0 aromatic carbocycles. The summed E-state index contributed by atoms with van der Waals surface area (Å²) >= 11 is 1.47. The third kappa shape index (κ3) is 2.33. The molecule has 20 heavy (non-hydrogen) atoms. The molecule has 3 rings (SSSR count). The molecule has 0 aliphatic rings. The zero-order valence-corrected chi connectivity index (χ0v) is 11.9. The van der Waals surface area contributed by atoms with Crippen LogP contribution in [0.25, 0.3) is 22.3 Å². The van der Waals surface area contributed by atoms with Gasteiger partial charge in [0.15, 0.2) is 0 Å². The first-order chi connectivity index (χ1) is 9.67. The first-order valence-electron chi connectivity index (χ1n) is 6.11. The fourth-order valence-corrected chi connectivity index (χ4v) is 2.68. The van der Waals surface area contributed by atoms with Crippen LogP contribution in [0.3, 0.4) is 0 Å². The van der Waals surface area contributed by atoms with Gasteiger partial charge in [-0.1, -0.05) is 5.16 Å². The van der Waals surface area contributed by atoms with Crippen molar-refractivity contribution in [1.82, 2.24) is 20.1 Å². The van der Waals surface area contributed by atoms with Crippen molar-refractivity contribution in [2.75, 3.05) is 0 Å². The van der Waals surface area contributed by atoms with Gasteiger partial charge in [0, 0.05) is 12.7 Å². The van der Waals surface area contributed by atoms with Gasteiger partial charge in [0.2, 0.25) is 5.82 Å². The van der Waals surface area contributed by atoms with Gasteiger partial charge in [0.05, 0.1) is 5.69 Å². The van der Waals surface area contributed by atoms with Gasteiger partial charge in [-0.25, -0.2) is 4.98 Å². The van der Waals surface area contributed by atoms with Crippen LogP contribution >= 0.6 is 11.3 Å². The summed E-state index contributed by atoms with van der Waals surface area (Å²) < 4.78 is 5.31. The van der Waals surface area contributed by atoms with Crippen molar-refractivity contribution in [2.45, 2.75) is 20.4 Å². The maximum atomic E-state index is 5.59. The number of hydrogen-bond acceptors (Lipinski definition) is 7. The van der Waals surface area contributed by atoms with E-state index in [0.29, 0.717) is 24.0 Å². The Morgan fingerprint density at radius 3 is 2.85 bits per heavy atom. The lowest BCUT2D eigenvalue weighted by atomic mass is 10.2. The van der Waals surface area contributed by atoms with E-state index in [4.69, 9.17) is 10.3 Å². The number of hydrogen-bond donors (Lipinski definition) is 1. The number of thiazole rings is 1. The SMILES string of the molecule is Cc1ccnc(-c2noc(-c3sc(CN)nc3C)n2)c1. The molecule has 0 atom stereocenters. The highest BCUT2D eigenvalue weighted by Gasteiger charge is 2.17. The molecule has 0 spiro atoms. The Bertz CT molecular complexity index is 749. The second-order valence-corrected chi connectivity index (χ2v) is 5.45. The number of pyridine rings is 1. The highest BCUT2D eigenvalue weighted by Crippen LogP contribution is 2.29. The Balaban J connectivity index is 1.99. The minimum absolute atomic E-state index is 0.409. The van der Waals surface area contributed by atoms with Crippen molar-refractivity contribution >= 4 is 11.3 Å². The third-order valence-electron chi connectivity index (χ3n) is 2.78. The molecule has 0 saturated carbocycles. The van der Waals surface area contributed by atoms with Crippen LogP contribution in [0.1, 0.15) is 16.3 Å². The number of aromatic nitrogens is 4. The van der Waals surface area contributed by atoms with Crippen LogP contribution in [-0.4, -0.2) is 20.1 Å². The molecule has 0 aliphatic carbocycles. The zero-order valence-electron chi connectivity index (χ0n) is 11.1. The summed E-state index contributed by atoms with van der Waals surface area (Å²) in [5, 5.41) is 4.83. The van der Waals surface area contributed by atoms with E-state index in [2.05, 4.69) is 20.1 Å². The molecule has 6 nitrogen and oxygen atoms in total. The first kappa shape index (κ1) is 12.9. The van der Waals surface area contributed by atoms with Crippen LogP contribution in [0.4, 0.5) is 0 Å². The highest BCUT2D eigenvalue weighted by molar-refractivity contribution is 7.15. The summed E-state index contributed by atoms with van der Waals surface area (Å²) in [7, 11) is 0. The Kier molecular flexibility index (Phi) is 3.29. The van der Waals surface area contributed by atoms with Gasteiger partial charge in [-0.2, -0.15) is 4.98 Å². The summed E-state index contributed by atoms with van der Waals surface area (Å²) in [6.07, 6.45) is 1.73. The molecule has 3 aromatic heterocycles. The fourth-order valence-electron chi connectivity index (χ4n) is 1.82. The van der Waals surface area contributed by atoms with Gasteiger partial charge in [-0.05, 0) is 31.5 Å². The van der Waals surface area contributed by atoms with E-state index < -0.39 is 0 Å². The van der Waals surface area contributed by atoms with Crippen LogP contribution in [-0.2, 0) is 6.54 Å². The lowest BCUT2D eigenvalue weighted by molar-refractivity contribution is 0.432. The summed E-state index contributed by atoms with van der Waals surface area (Å²) in [6, 6.07) is 3.84. The molecule has 0 bridgehead atoms. The summed E-state index contributed by atoms with van der Waals surface area (Å²) in [5.41, 5.74) is 8.24. The summed E-state index contributed by atoms with van der Waals surface area (Å²) in [6.45, 7) is 4.30. The van der Waals surface area contributed by atoms with Gasteiger partial charge in [0.25, 0.3) is 5.89 Å². The minimum atomic E-state index is 0.409. The maximum Gasteiger partial charge on any atom is 0.270 e. The van der Waals surface area contributed by atoms with Crippen LogP contribution in [0, 0.1) is 13.8 Å². The molecule has 0 unspecified atom stereocenters. The Hall–Kier alpha value is -2.12. The van der Waals surface area contributed by atoms with Gasteiger partial charge in [0.1, 0.15) is 15.6 Å². The molecular weight excluding hydrogens is 274 g/mol. The molecule has 2 N–H and O–H groups in total. The highest BCUT2D eigenvalue weighted by atomic mass is 32.1. The Morgan fingerprint density at radius 1 is 1.30 bits per heavy atom. The lowest BCUT2D eigenvalue weighted by Crippen LogP contribution is -1.94. The average molecular weight is 287 g/mol. The molecule has 102 valence electrons. The van der Waals surface area contributed by atoms with Crippen LogP contribution in [0.5, 0.6) is 0 Å². The molecule has 3 heterocycles. The van der Waals surface area contributed by atoms with Crippen molar-refractivity contribution in [2.24, 2.45) is 5.73 Å². The van der Waals surface area contributed by atoms with E-state index in [0.717, 1.165) is 21.1 Å². The quantitative estimate of drug-likeness (QED) is 0.795. The Labute approximate surface area is 119 Å². The standard InChI is InChI=1S/C13H13N5OS/c1-7-3-4-15-9(5-7)12-17-13(19-18-12)11-8(2)16-10(6-14)20-11/h3-5H,6,14H2,1-2H3. The van der Waals surface area contributed by atoms with Crippen molar-refractivity contribution < 1.29 is 4.52 Å². The van der Waals surface area contributed by atoms with Gasteiger partial charge in [-0.3, -0.25) is 4.98 Å². The minimum Gasteiger partial charge on any atom is -0.333 e. The van der Waals surface area contributed by atoms with E-state index in [1.54, 1.807) is 6.20 Å². The number of nitrogens with zero attached hydrogens (tertiary/aromatic N) is 4. The number of rotatable bonds is 3. The van der Waals surface area contributed by atoms with Crippen LogP contribution < -0.4 is 5.73 Å². The van der Waals surface area contributed by atoms with Crippen molar-refractivity contribution in [3.05, 3.63) is 34.6 Å². The van der Waals surface area contributed by atoms with Gasteiger partial charge < -0.3 is 10.3 Å². The monoisotopic (exact) mass is 287 g/mol. The van der Waals surface area contributed by atoms with Crippen LogP contribution in [0.15, 0.2) is 22.9 Å². The molecule has 0 amide bonds. The second kappa shape index (κ2) is 5.10. The molecular formula is C13H13N5OS. The van der Waals surface area contributed by atoms with E-state index in [1.165, 1.54) is 11.3 Å². The van der Waals surface area contributed by atoms with Crippen molar-refractivity contribution in [1.29, 1.82) is 0 Å². The summed E-state index contributed by atoms with van der Waals surface area (Å²) in [5.74, 6) is 0.934. The second-order valence-electron chi connectivity index (χ2n) is 4.37. The molecule has 0 aliphatic heterocycles. The smallest absolute Gasteiger partial charge is 0.270 e. The largest absolute Gasteiger partial charge is 0.333 e. The topological polar surface area (TPSA) is 90.7 Å². The molecule has 0 fully saturated rings. The zero-order chi connectivity index (χ0) is 14.1. The van der Waals surface area contributed by atoms with Crippen LogP contribution in [0.2, 0.25) is 0 Å². The third-order valence-corrected chi connectivity index (χ3v) is 3.95. The normalized spacial score (nSPS) is 10.9. The van der Waals surface area contributed by atoms with Gasteiger partial charge >= 0.3 is 0 Å². The molecule has 0 radical (unpaired) electrons.